The van der Waals surface area contributed by atoms with E-state index in [0.29, 0.717) is 11.8 Å². The molecule has 0 spiro atoms. The summed E-state index contributed by atoms with van der Waals surface area (Å²) in [5.41, 5.74) is 1.05. The third-order valence-electron chi connectivity index (χ3n) is 1.36. The van der Waals surface area contributed by atoms with Crippen LogP contribution < -0.4 is 0 Å². The van der Waals surface area contributed by atoms with Crippen molar-refractivity contribution in [1.82, 2.24) is 0 Å². The highest BCUT2D eigenvalue weighted by molar-refractivity contribution is 6.30. The minimum absolute atomic E-state index is 0.434. The summed E-state index contributed by atoms with van der Waals surface area (Å²) in [7, 11) is 0. The SMILES string of the molecule is CCOC(Cl)=Cc1ccccc1. The maximum atomic E-state index is 5.75. The first-order valence-corrected chi connectivity index (χ1v) is 4.25. The van der Waals surface area contributed by atoms with Crippen molar-refractivity contribution in [2.24, 2.45) is 0 Å². The molecule has 1 aromatic carbocycles. The Balaban J connectivity index is 2.67. The largest absolute Gasteiger partial charge is 0.483 e. The fourth-order valence-corrected chi connectivity index (χ4v) is 1.09. The van der Waals surface area contributed by atoms with E-state index >= 15 is 0 Å². The van der Waals surface area contributed by atoms with Crippen LogP contribution in [0.1, 0.15) is 12.5 Å². The molecule has 0 fully saturated rings. The minimum atomic E-state index is 0.434. The van der Waals surface area contributed by atoms with Crippen LogP contribution in [0.4, 0.5) is 0 Å². The van der Waals surface area contributed by atoms with Gasteiger partial charge < -0.3 is 4.74 Å². The molecule has 0 unspecified atom stereocenters. The summed E-state index contributed by atoms with van der Waals surface area (Å²) in [6.07, 6.45) is 1.80. The predicted octanol–water partition coefficient (Wildman–Crippen LogP) is 3.26. The van der Waals surface area contributed by atoms with Gasteiger partial charge in [-0.05, 0) is 30.2 Å². The van der Waals surface area contributed by atoms with E-state index in [0.717, 1.165) is 5.56 Å². The van der Waals surface area contributed by atoms with Crippen LogP contribution in [0.3, 0.4) is 0 Å². The van der Waals surface area contributed by atoms with E-state index in [9.17, 15) is 0 Å². The van der Waals surface area contributed by atoms with Crippen molar-refractivity contribution in [3.63, 3.8) is 0 Å². The fraction of sp³-hybridized carbons (Fsp3) is 0.200. The first-order chi connectivity index (χ1) is 5.83. The summed E-state index contributed by atoms with van der Waals surface area (Å²) in [5, 5.41) is 0.434. The number of rotatable bonds is 3. The van der Waals surface area contributed by atoms with Crippen molar-refractivity contribution < 1.29 is 4.74 Å². The molecule has 0 saturated heterocycles. The van der Waals surface area contributed by atoms with Crippen molar-refractivity contribution in [3.8, 4) is 0 Å². The van der Waals surface area contributed by atoms with Gasteiger partial charge in [-0.15, -0.1) is 0 Å². The Morgan fingerprint density at radius 2 is 2.08 bits per heavy atom. The first-order valence-electron chi connectivity index (χ1n) is 3.88. The van der Waals surface area contributed by atoms with Gasteiger partial charge in [0.2, 0.25) is 0 Å². The van der Waals surface area contributed by atoms with Gasteiger partial charge in [-0.2, -0.15) is 0 Å². The maximum Gasteiger partial charge on any atom is 0.187 e. The molecular formula is C10H11ClO. The lowest BCUT2D eigenvalue weighted by Gasteiger charge is -1.99. The van der Waals surface area contributed by atoms with Crippen molar-refractivity contribution in [2.45, 2.75) is 6.92 Å². The van der Waals surface area contributed by atoms with Crippen molar-refractivity contribution in [2.75, 3.05) is 6.61 Å². The Morgan fingerprint density at radius 1 is 1.42 bits per heavy atom. The second kappa shape index (κ2) is 4.83. The molecule has 0 amide bonds. The lowest BCUT2D eigenvalue weighted by molar-refractivity contribution is 0.258. The number of ether oxygens (including phenoxy) is 1. The normalized spacial score (nSPS) is 11.3. The van der Waals surface area contributed by atoms with E-state index in [-0.39, 0.29) is 0 Å². The van der Waals surface area contributed by atoms with Gasteiger partial charge in [0.15, 0.2) is 5.22 Å². The summed E-state index contributed by atoms with van der Waals surface area (Å²) in [6, 6.07) is 9.83. The van der Waals surface area contributed by atoms with E-state index in [1.165, 1.54) is 0 Å². The molecule has 0 bridgehead atoms. The van der Waals surface area contributed by atoms with E-state index in [4.69, 9.17) is 16.3 Å². The fourth-order valence-electron chi connectivity index (χ4n) is 0.860. The highest BCUT2D eigenvalue weighted by Crippen LogP contribution is 2.10. The lowest BCUT2D eigenvalue weighted by Crippen LogP contribution is -1.83. The summed E-state index contributed by atoms with van der Waals surface area (Å²) in [5.74, 6) is 0. The van der Waals surface area contributed by atoms with E-state index in [2.05, 4.69) is 0 Å². The number of halogens is 1. The van der Waals surface area contributed by atoms with Crippen LogP contribution in [0.25, 0.3) is 6.08 Å². The smallest absolute Gasteiger partial charge is 0.187 e. The molecule has 0 aliphatic rings. The standard InChI is InChI=1S/C10H11ClO/c1-2-12-10(11)8-9-6-4-3-5-7-9/h3-8H,2H2,1H3. The van der Waals surface area contributed by atoms with Crippen LogP contribution in [0, 0.1) is 0 Å². The minimum Gasteiger partial charge on any atom is -0.483 e. The summed E-state index contributed by atoms with van der Waals surface area (Å²) < 4.78 is 5.07. The Morgan fingerprint density at radius 3 is 2.67 bits per heavy atom. The molecule has 1 aromatic rings. The highest BCUT2D eigenvalue weighted by Gasteiger charge is 1.90. The molecule has 0 saturated carbocycles. The van der Waals surface area contributed by atoms with Gasteiger partial charge in [0.05, 0.1) is 6.61 Å². The highest BCUT2D eigenvalue weighted by atomic mass is 35.5. The van der Waals surface area contributed by atoms with Gasteiger partial charge in [-0.25, -0.2) is 0 Å². The Labute approximate surface area is 77.6 Å². The number of hydrogen-bond donors (Lipinski definition) is 0. The van der Waals surface area contributed by atoms with Gasteiger partial charge in [0, 0.05) is 0 Å². The number of benzene rings is 1. The van der Waals surface area contributed by atoms with E-state index in [1.807, 2.05) is 37.3 Å². The molecule has 0 aliphatic heterocycles. The molecule has 64 valence electrons. The second-order valence-electron chi connectivity index (χ2n) is 2.29. The zero-order valence-corrected chi connectivity index (χ0v) is 7.71. The summed E-state index contributed by atoms with van der Waals surface area (Å²) >= 11 is 5.75. The third-order valence-corrected chi connectivity index (χ3v) is 1.58. The van der Waals surface area contributed by atoms with Gasteiger partial charge in [0.25, 0.3) is 0 Å². The van der Waals surface area contributed by atoms with Crippen LogP contribution in [0.15, 0.2) is 35.6 Å². The first kappa shape index (κ1) is 9.14. The molecule has 0 atom stereocenters. The van der Waals surface area contributed by atoms with Crippen molar-refractivity contribution in [1.29, 1.82) is 0 Å². The number of hydrogen-bond acceptors (Lipinski definition) is 1. The van der Waals surface area contributed by atoms with Crippen LogP contribution >= 0.6 is 11.6 Å². The van der Waals surface area contributed by atoms with E-state index in [1.54, 1.807) is 6.08 Å². The lowest BCUT2D eigenvalue weighted by atomic mass is 10.2. The Kier molecular flexibility index (Phi) is 3.68. The van der Waals surface area contributed by atoms with Crippen LogP contribution in [0.2, 0.25) is 0 Å². The molecule has 1 nitrogen and oxygen atoms in total. The molecule has 0 N–H and O–H groups in total. The Bertz CT molecular complexity index is 254. The molecule has 0 heterocycles. The molecule has 0 aliphatic carbocycles. The van der Waals surface area contributed by atoms with Crippen LogP contribution in [0.5, 0.6) is 0 Å². The third kappa shape index (κ3) is 2.97. The van der Waals surface area contributed by atoms with Crippen LogP contribution in [-0.2, 0) is 4.74 Å². The maximum absolute atomic E-state index is 5.75. The summed E-state index contributed by atoms with van der Waals surface area (Å²) in [4.78, 5) is 0. The second-order valence-corrected chi connectivity index (χ2v) is 2.66. The van der Waals surface area contributed by atoms with Gasteiger partial charge >= 0.3 is 0 Å². The summed E-state index contributed by atoms with van der Waals surface area (Å²) in [6.45, 7) is 2.50. The molecule has 0 aromatic heterocycles. The zero-order chi connectivity index (χ0) is 8.81. The Hall–Kier alpha value is -0.950. The zero-order valence-electron chi connectivity index (χ0n) is 6.96. The predicted molar refractivity (Wildman–Crippen MR) is 51.9 cm³/mol. The van der Waals surface area contributed by atoms with Crippen LogP contribution in [-0.4, -0.2) is 6.61 Å². The molecule has 2 heteroatoms. The quantitative estimate of drug-likeness (QED) is 0.652. The van der Waals surface area contributed by atoms with Gasteiger partial charge in [0.1, 0.15) is 0 Å². The molecule has 12 heavy (non-hydrogen) atoms. The average molecular weight is 183 g/mol. The monoisotopic (exact) mass is 182 g/mol. The molecular weight excluding hydrogens is 172 g/mol. The topological polar surface area (TPSA) is 9.23 Å². The van der Waals surface area contributed by atoms with E-state index < -0.39 is 0 Å². The molecule has 0 radical (unpaired) electrons. The van der Waals surface area contributed by atoms with Gasteiger partial charge in [-0.1, -0.05) is 30.3 Å². The van der Waals surface area contributed by atoms with Crippen molar-refractivity contribution in [3.05, 3.63) is 41.1 Å². The average Bonchev–Trinajstić information content (AvgIpc) is 2.06. The molecule has 1 rings (SSSR count). The van der Waals surface area contributed by atoms with Crippen molar-refractivity contribution >= 4 is 17.7 Å². The van der Waals surface area contributed by atoms with Gasteiger partial charge in [-0.3, -0.25) is 0 Å².